The molecule has 0 radical (unpaired) electrons. The van der Waals surface area contributed by atoms with Crippen LogP contribution in [0.15, 0.2) is 88.0 Å². The molecule has 1 amide bonds. The molecule has 4 rings (SSSR count). The number of carbonyl (C=O) groups is 2. The highest BCUT2D eigenvalue weighted by Gasteiger charge is 2.32. The number of amides is 1. The molecular formula is C25H19BrN2O3. The number of ether oxygens (including phenoxy) is 1. The number of anilines is 1. The summed E-state index contributed by atoms with van der Waals surface area (Å²) in [5, 5.41) is 0. The van der Waals surface area contributed by atoms with E-state index in [2.05, 4.69) is 20.9 Å². The summed E-state index contributed by atoms with van der Waals surface area (Å²) >= 11 is 3.45. The van der Waals surface area contributed by atoms with Crippen LogP contribution >= 0.6 is 15.9 Å². The molecule has 0 saturated carbocycles. The molecule has 6 heteroatoms. The van der Waals surface area contributed by atoms with Gasteiger partial charge in [0.2, 0.25) is 0 Å². The van der Waals surface area contributed by atoms with Crippen molar-refractivity contribution in [2.75, 3.05) is 12.0 Å². The first kappa shape index (κ1) is 20.8. The maximum absolute atomic E-state index is 13.4. The van der Waals surface area contributed by atoms with E-state index in [0.717, 1.165) is 26.9 Å². The Balaban J connectivity index is 1.76. The van der Waals surface area contributed by atoms with Gasteiger partial charge in [-0.05, 0) is 60.5 Å². The Kier molecular flexibility index (Phi) is 5.82. The predicted octanol–water partition coefficient (Wildman–Crippen LogP) is 5.38. The molecule has 0 fully saturated rings. The van der Waals surface area contributed by atoms with E-state index in [1.165, 1.54) is 7.11 Å². The molecular weight excluding hydrogens is 456 g/mol. The van der Waals surface area contributed by atoms with E-state index in [4.69, 9.17) is 4.74 Å². The van der Waals surface area contributed by atoms with Gasteiger partial charge in [0.1, 0.15) is 11.5 Å². The largest absolute Gasteiger partial charge is 0.465 e. The average Bonchev–Trinajstić information content (AvgIpc) is 3.10. The van der Waals surface area contributed by atoms with Crippen LogP contribution in [0.5, 0.6) is 0 Å². The molecule has 1 aliphatic rings. The van der Waals surface area contributed by atoms with Crippen LogP contribution in [-0.4, -0.2) is 24.8 Å². The van der Waals surface area contributed by atoms with E-state index >= 15 is 0 Å². The topological polar surface area (TPSA) is 59.0 Å². The minimum Gasteiger partial charge on any atom is -0.465 e. The number of amidine groups is 1. The van der Waals surface area contributed by atoms with Crippen molar-refractivity contribution in [3.63, 3.8) is 0 Å². The van der Waals surface area contributed by atoms with E-state index in [1.54, 1.807) is 35.2 Å². The van der Waals surface area contributed by atoms with Crippen LogP contribution in [0.2, 0.25) is 0 Å². The minimum atomic E-state index is -0.405. The second kappa shape index (κ2) is 8.70. The summed E-state index contributed by atoms with van der Waals surface area (Å²) in [6.07, 6.45) is 1.72. The highest BCUT2D eigenvalue weighted by molar-refractivity contribution is 9.10. The molecule has 154 valence electrons. The first-order chi connectivity index (χ1) is 15.0. The molecule has 3 aromatic rings. The van der Waals surface area contributed by atoms with Gasteiger partial charge in [-0.25, -0.2) is 9.79 Å². The van der Waals surface area contributed by atoms with Gasteiger partial charge in [0.15, 0.2) is 0 Å². The number of aryl methyl sites for hydroxylation is 1. The number of halogens is 1. The number of carbonyl (C=O) groups excluding carboxylic acids is 2. The molecule has 3 aromatic carbocycles. The van der Waals surface area contributed by atoms with E-state index in [1.807, 2.05) is 55.5 Å². The SMILES string of the molecule is COC(=O)c1ccc(/C=C2/N=C(c3ccc(Br)cc3)N(c3cccc(C)c3)C2=O)cc1. The number of esters is 1. The molecule has 31 heavy (non-hydrogen) atoms. The number of rotatable bonds is 4. The summed E-state index contributed by atoms with van der Waals surface area (Å²) in [6, 6.07) is 22.3. The Hall–Kier alpha value is -3.51. The Bertz CT molecular complexity index is 1210. The van der Waals surface area contributed by atoms with Gasteiger partial charge < -0.3 is 4.74 Å². The minimum absolute atomic E-state index is 0.208. The maximum Gasteiger partial charge on any atom is 0.337 e. The Morgan fingerprint density at radius 3 is 2.39 bits per heavy atom. The van der Waals surface area contributed by atoms with E-state index in [0.29, 0.717) is 17.1 Å². The van der Waals surface area contributed by atoms with Crippen molar-refractivity contribution in [3.05, 3.63) is 105 Å². The molecule has 0 aromatic heterocycles. The lowest BCUT2D eigenvalue weighted by atomic mass is 10.1. The van der Waals surface area contributed by atoms with Gasteiger partial charge in [-0.1, -0.05) is 52.3 Å². The number of hydrogen-bond acceptors (Lipinski definition) is 4. The van der Waals surface area contributed by atoms with Crippen LogP contribution in [0, 0.1) is 6.92 Å². The number of hydrogen-bond donors (Lipinski definition) is 0. The average molecular weight is 475 g/mol. The highest BCUT2D eigenvalue weighted by atomic mass is 79.9. The Morgan fingerprint density at radius 1 is 1.03 bits per heavy atom. The quantitative estimate of drug-likeness (QED) is 0.376. The maximum atomic E-state index is 13.4. The monoisotopic (exact) mass is 474 g/mol. The van der Waals surface area contributed by atoms with Crippen LogP contribution in [0.1, 0.15) is 27.0 Å². The normalized spacial score (nSPS) is 14.7. The van der Waals surface area contributed by atoms with Gasteiger partial charge >= 0.3 is 5.97 Å². The van der Waals surface area contributed by atoms with Crippen LogP contribution < -0.4 is 4.90 Å². The summed E-state index contributed by atoms with van der Waals surface area (Å²) < 4.78 is 5.68. The van der Waals surface area contributed by atoms with E-state index in [9.17, 15) is 9.59 Å². The van der Waals surface area contributed by atoms with Crippen molar-refractivity contribution >= 4 is 45.4 Å². The lowest BCUT2D eigenvalue weighted by Gasteiger charge is -2.19. The molecule has 1 heterocycles. The van der Waals surface area contributed by atoms with E-state index < -0.39 is 5.97 Å². The fourth-order valence-corrected chi connectivity index (χ4v) is 3.57. The molecule has 0 saturated heterocycles. The third-order valence-electron chi connectivity index (χ3n) is 4.86. The second-order valence-corrected chi connectivity index (χ2v) is 7.98. The standard InChI is InChI=1S/C25H19BrN2O3/c1-16-4-3-5-21(14-16)28-23(18-10-12-20(26)13-11-18)27-22(24(28)29)15-17-6-8-19(9-7-17)25(30)31-2/h3-15H,1-2H3/b22-15+. The third-order valence-corrected chi connectivity index (χ3v) is 5.39. The third kappa shape index (κ3) is 4.34. The van der Waals surface area contributed by atoms with Crippen LogP contribution in [0.25, 0.3) is 6.08 Å². The fraction of sp³-hybridized carbons (Fsp3) is 0.0800. The Morgan fingerprint density at radius 2 is 1.74 bits per heavy atom. The zero-order valence-corrected chi connectivity index (χ0v) is 18.6. The first-order valence-corrected chi connectivity index (χ1v) is 10.4. The molecule has 0 unspecified atom stereocenters. The van der Waals surface area contributed by atoms with Gasteiger partial charge in [-0.3, -0.25) is 9.69 Å². The molecule has 0 aliphatic carbocycles. The summed E-state index contributed by atoms with van der Waals surface area (Å²) in [4.78, 5) is 31.3. The van der Waals surface area contributed by atoms with Gasteiger partial charge in [0, 0.05) is 10.0 Å². The zero-order valence-electron chi connectivity index (χ0n) is 17.0. The van der Waals surface area contributed by atoms with Crippen LogP contribution in [0.4, 0.5) is 5.69 Å². The van der Waals surface area contributed by atoms with Crippen molar-refractivity contribution in [3.8, 4) is 0 Å². The van der Waals surface area contributed by atoms with E-state index in [-0.39, 0.29) is 5.91 Å². The molecule has 0 spiro atoms. The smallest absolute Gasteiger partial charge is 0.337 e. The molecule has 0 N–H and O–H groups in total. The second-order valence-electron chi connectivity index (χ2n) is 7.07. The number of methoxy groups -OCH3 is 1. The highest BCUT2D eigenvalue weighted by Crippen LogP contribution is 2.29. The molecule has 1 aliphatic heterocycles. The molecule has 0 bridgehead atoms. The number of aliphatic imine (C=N–C) groups is 1. The van der Waals surface area contributed by atoms with Crippen molar-refractivity contribution < 1.29 is 14.3 Å². The predicted molar refractivity (Wildman–Crippen MR) is 125 cm³/mol. The van der Waals surface area contributed by atoms with Gasteiger partial charge in [0.05, 0.1) is 18.4 Å². The van der Waals surface area contributed by atoms with Gasteiger partial charge in [-0.2, -0.15) is 0 Å². The number of benzene rings is 3. The van der Waals surface area contributed by atoms with Crippen molar-refractivity contribution in [1.82, 2.24) is 0 Å². The Labute approximate surface area is 188 Å². The molecule has 0 atom stereocenters. The lowest BCUT2D eigenvalue weighted by molar-refractivity contribution is -0.113. The van der Waals surface area contributed by atoms with Crippen molar-refractivity contribution in [1.29, 1.82) is 0 Å². The summed E-state index contributed by atoms with van der Waals surface area (Å²) in [5.41, 5.74) is 4.18. The first-order valence-electron chi connectivity index (χ1n) is 9.62. The molecule has 5 nitrogen and oxygen atoms in total. The van der Waals surface area contributed by atoms with Crippen molar-refractivity contribution in [2.45, 2.75) is 6.92 Å². The van der Waals surface area contributed by atoms with Gasteiger partial charge in [0.25, 0.3) is 5.91 Å². The van der Waals surface area contributed by atoms with Crippen LogP contribution in [-0.2, 0) is 9.53 Å². The summed E-state index contributed by atoms with van der Waals surface area (Å²) in [7, 11) is 1.34. The van der Waals surface area contributed by atoms with Crippen molar-refractivity contribution in [2.24, 2.45) is 4.99 Å². The van der Waals surface area contributed by atoms with Crippen LogP contribution in [0.3, 0.4) is 0 Å². The fourth-order valence-electron chi connectivity index (χ4n) is 3.31. The zero-order chi connectivity index (χ0) is 22.0. The number of nitrogens with zero attached hydrogens (tertiary/aromatic N) is 2. The summed E-state index contributed by atoms with van der Waals surface area (Å²) in [6.45, 7) is 1.99. The lowest BCUT2D eigenvalue weighted by Crippen LogP contribution is -2.32. The summed E-state index contributed by atoms with van der Waals surface area (Å²) in [5.74, 6) is -0.0431. The van der Waals surface area contributed by atoms with Gasteiger partial charge in [-0.15, -0.1) is 0 Å².